The maximum absolute atomic E-state index is 14.7. The molecule has 58 heavy (non-hydrogen) atoms. The van der Waals surface area contributed by atoms with Crippen molar-refractivity contribution in [3.63, 3.8) is 0 Å². The van der Waals surface area contributed by atoms with Crippen LogP contribution in [0, 0.1) is 23.6 Å². The molecule has 2 aliphatic carbocycles. The summed E-state index contributed by atoms with van der Waals surface area (Å²) in [4.78, 5) is 73.4. The van der Waals surface area contributed by atoms with Crippen molar-refractivity contribution >= 4 is 39.7 Å². The van der Waals surface area contributed by atoms with E-state index in [4.69, 9.17) is 4.74 Å². The van der Waals surface area contributed by atoms with Crippen molar-refractivity contribution in [1.82, 2.24) is 25.2 Å². The van der Waals surface area contributed by atoms with E-state index in [2.05, 4.69) is 15.4 Å². The Morgan fingerprint density at radius 3 is 2.45 bits per heavy atom. The van der Waals surface area contributed by atoms with Gasteiger partial charge in [-0.15, -0.1) is 0 Å². The minimum Gasteiger partial charge on any atom is -0.505 e. The van der Waals surface area contributed by atoms with Gasteiger partial charge in [0.15, 0.2) is 11.6 Å². The molecule has 2 saturated carbocycles. The normalized spacial score (nSPS) is 28.7. The van der Waals surface area contributed by atoms with Gasteiger partial charge in [0.1, 0.15) is 23.2 Å². The third-order valence-corrected chi connectivity index (χ3v) is 14.4. The van der Waals surface area contributed by atoms with Gasteiger partial charge in [-0.1, -0.05) is 43.2 Å². The largest absolute Gasteiger partial charge is 0.505 e. The van der Waals surface area contributed by atoms with Crippen LogP contribution in [0.1, 0.15) is 89.4 Å². The molecule has 5 aliphatic rings. The van der Waals surface area contributed by atoms with E-state index in [1.165, 1.54) is 17.0 Å². The molecule has 2 aromatic rings. The fraction of sp³-hybridized carbons (Fsp3) is 0.548. The summed E-state index contributed by atoms with van der Waals surface area (Å²) in [5, 5.41) is 15.3. The Morgan fingerprint density at radius 1 is 1.00 bits per heavy atom. The van der Waals surface area contributed by atoms with Gasteiger partial charge in [0.05, 0.1) is 4.75 Å². The molecule has 4 fully saturated rings. The quantitative estimate of drug-likeness (QED) is 0.306. The zero-order chi connectivity index (χ0) is 41.8. The maximum atomic E-state index is 14.7. The molecule has 0 radical (unpaired) electrons. The van der Waals surface area contributed by atoms with Crippen LogP contribution in [0.5, 0.6) is 5.75 Å². The summed E-state index contributed by atoms with van der Waals surface area (Å²) in [6.07, 6.45) is 7.04. The number of carbonyl (C=O) groups is 5. The number of phenols is 1. The SMILES string of the molecule is CC(C)(C)OC(=O)N[C@H]1CCCCC/C=C\[C@H]2C[C@@]2(C(=O)NS(=O)(=O)C2(C)CC2)NC(=O)[C@@H]2[C@H]3CN(C(=O)c4cccc(-c5ccc(O)c(F)c5)c4)C[C@H]3CN2C1=O. The summed E-state index contributed by atoms with van der Waals surface area (Å²) in [6.45, 7) is 7.08. The molecule has 0 bridgehead atoms. The topological polar surface area (TPSA) is 192 Å². The highest BCUT2D eigenvalue weighted by Gasteiger charge is 2.64. The van der Waals surface area contributed by atoms with Crippen molar-refractivity contribution in [2.45, 2.75) is 107 Å². The van der Waals surface area contributed by atoms with Gasteiger partial charge >= 0.3 is 6.09 Å². The summed E-state index contributed by atoms with van der Waals surface area (Å²) in [5.74, 6) is -5.01. The Labute approximate surface area is 338 Å². The fourth-order valence-corrected chi connectivity index (χ4v) is 9.80. The lowest BCUT2D eigenvalue weighted by atomic mass is 9.93. The third-order valence-electron chi connectivity index (χ3n) is 12.2. The van der Waals surface area contributed by atoms with Crippen LogP contribution in [0.15, 0.2) is 54.6 Å². The monoisotopic (exact) mass is 821 g/mol. The first-order valence-electron chi connectivity index (χ1n) is 20.0. The predicted octanol–water partition coefficient (Wildman–Crippen LogP) is 4.38. The highest BCUT2D eigenvalue weighted by atomic mass is 32.2. The zero-order valence-corrected chi connectivity index (χ0v) is 34.1. The molecule has 3 heterocycles. The smallest absolute Gasteiger partial charge is 0.408 e. The van der Waals surface area contributed by atoms with Crippen LogP contribution in [-0.2, 0) is 29.1 Å². The standard InChI is InChI=1S/C42H52FN5O9S/c1-40(2,3)57-39(54)44-32-14-9-7-5-6-8-13-29-21-42(29,38(53)46-58(55,56)41(4)17-18-41)45-35(50)34-30-24-47(22-28(30)23-48(34)37(32)52)36(51)27-12-10-11-25(19-27)26-15-16-33(49)31(43)20-26/h8,10-13,15-16,19-20,28-30,32,34,49H,5-7,9,14,17-18,21-24H2,1-4H3,(H,44,54)(H,45,50)(H,46,53)/b13-8-/t28-,29-,30-,32-,34-,42+/m0/s1. The number of allylic oxidation sites excluding steroid dienone is 1. The number of nitrogens with one attached hydrogen (secondary N) is 3. The molecule has 0 aromatic heterocycles. The van der Waals surface area contributed by atoms with Crippen LogP contribution < -0.4 is 15.4 Å². The van der Waals surface area contributed by atoms with Gasteiger partial charge in [0, 0.05) is 43.0 Å². The minimum absolute atomic E-state index is 0.0833. The van der Waals surface area contributed by atoms with E-state index in [-0.39, 0.29) is 37.9 Å². The van der Waals surface area contributed by atoms with Gasteiger partial charge in [0.2, 0.25) is 21.8 Å². The Kier molecular flexibility index (Phi) is 10.9. The van der Waals surface area contributed by atoms with Crippen molar-refractivity contribution in [2.24, 2.45) is 17.8 Å². The lowest BCUT2D eigenvalue weighted by Crippen LogP contribution is -2.60. The van der Waals surface area contributed by atoms with Gasteiger partial charge in [-0.2, -0.15) is 0 Å². The summed E-state index contributed by atoms with van der Waals surface area (Å²) in [6, 6.07) is 8.42. The number of benzene rings is 2. The van der Waals surface area contributed by atoms with Crippen molar-refractivity contribution in [1.29, 1.82) is 0 Å². The summed E-state index contributed by atoms with van der Waals surface area (Å²) in [7, 11) is -4.04. The van der Waals surface area contributed by atoms with E-state index in [9.17, 15) is 41.9 Å². The van der Waals surface area contributed by atoms with Crippen molar-refractivity contribution in [3.8, 4) is 16.9 Å². The number of alkyl carbamates (subject to hydrolysis) is 1. The highest BCUT2D eigenvalue weighted by Crippen LogP contribution is 2.48. The number of carbonyl (C=O) groups excluding carboxylic acids is 5. The number of aromatic hydroxyl groups is 1. The van der Waals surface area contributed by atoms with E-state index in [0.717, 1.165) is 12.8 Å². The van der Waals surface area contributed by atoms with Crippen LogP contribution >= 0.6 is 0 Å². The number of amides is 5. The van der Waals surface area contributed by atoms with Crippen molar-refractivity contribution in [2.75, 3.05) is 19.6 Å². The Hall–Kier alpha value is -4.99. The molecular formula is C42H52FN5O9S. The number of phenolic OH excluding ortho intramolecular Hbond substituents is 1. The van der Waals surface area contributed by atoms with Crippen LogP contribution in [-0.4, -0.2) is 101 Å². The van der Waals surface area contributed by atoms with E-state index < -0.39 is 85.2 Å². The van der Waals surface area contributed by atoms with Crippen molar-refractivity contribution < 1.29 is 46.6 Å². The molecule has 2 saturated heterocycles. The zero-order valence-electron chi connectivity index (χ0n) is 33.3. The average molecular weight is 822 g/mol. The summed E-state index contributed by atoms with van der Waals surface area (Å²) >= 11 is 0. The molecule has 14 nitrogen and oxygen atoms in total. The Bertz CT molecular complexity index is 2150. The maximum Gasteiger partial charge on any atom is 0.408 e. The Morgan fingerprint density at radius 2 is 1.74 bits per heavy atom. The van der Waals surface area contributed by atoms with Crippen molar-refractivity contribution in [3.05, 3.63) is 66.0 Å². The van der Waals surface area contributed by atoms with E-state index in [0.29, 0.717) is 48.8 Å². The predicted molar refractivity (Wildman–Crippen MR) is 211 cm³/mol. The number of fused-ring (bicyclic) bond motifs is 4. The second-order valence-electron chi connectivity index (χ2n) is 17.7. The highest BCUT2D eigenvalue weighted by molar-refractivity contribution is 7.91. The number of hydrogen-bond donors (Lipinski definition) is 4. The molecule has 4 N–H and O–H groups in total. The number of ether oxygens (including phenoxy) is 1. The fourth-order valence-electron chi connectivity index (χ4n) is 8.49. The van der Waals surface area contributed by atoms with Gasteiger partial charge < -0.3 is 30.3 Å². The molecule has 0 unspecified atom stereocenters. The van der Waals surface area contributed by atoms with Gasteiger partial charge in [-0.3, -0.25) is 23.9 Å². The first-order chi connectivity index (χ1) is 27.3. The van der Waals surface area contributed by atoms with Gasteiger partial charge in [0.25, 0.3) is 11.8 Å². The molecular weight excluding hydrogens is 770 g/mol. The average Bonchev–Trinajstić information content (AvgIpc) is 3.98. The number of nitrogens with zero attached hydrogens (tertiary/aromatic N) is 2. The Balaban J connectivity index is 1.18. The number of rotatable bonds is 6. The molecule has 16 heteroatoms. The first-order valence-corrected chi connectivity index (χ1v) is 21.5. The molecule has 312 valence electrons. The number of likely N-dealkylation sites (tertiary alicyclic amines) is 1. The van der Waals surface area contributed by atoms with E-state index in [1.807, 2.05) is 12.2 Å². The molecule has 0 spiro atoms. The summed E-state index contributed by atoms with van der Waals surface area (Å²) in [5.41, 5.74) is -1.07. The lowest BCUT2D eigenvalue weighted by Gasteiger charge is -2.33. The molecule has 7 rings (SSSR count). The number of hydrogen-bond acceptors (Lipinski definition) is 9. The first kappa shape index (κ1) is 41.2. The molecule has 5 amide bonds. The number of halogens is 1. The van der Waals surface area contributed by atoms with Crippen LogP contribution in [0.25, 0.3) is 11.1 Å². The van der Waals surface area contributed by atoms with Crippen LogP contribution in [0.2, 0.25) is 0 Å². The molecule has 2 aromatic carbocycles. The van der Waals surface area contributed by atoms with Crippen LogP contribution in [0.3, 0.4) is 0 Å². The summed E-state index contributed by atoms with van der Waals surface area (Å²) < 4.78 is 47.3. The third kappa shape index (κ3) is 8.30. The van der Waals surface area contributed by atoms with Gasteiger partial charge in [-0.05, 0) is 102 Å². The van der Waals surface area contributed by atoms with E-state index in [1.54, 1.807) is 62.9 Å². The lowest BCUT2D eigenvalue weighted by molar-refractivity contribution is -0.142. The van der Waals surface area contributed by atoms with Crippen LogP contribution in [0.4, 0.5) is 9.18 Å². The minimum atomic E-state index is -4.04. The van der Waals surface area contributed by atoms with E-state index >= 15 is 0 Å². The molecule has 3 aliphatic heterocycles. The number of sulfonamides is 1. The van der Waals surface area contributed by atoms with Gasteiger partial charge in [-0.25, -0.2) is 17.6 Å². The molecule has 6 atom stereocenters. The second kappa shape index (κ2) is 15.3. The second-order valence-corrected chi connectivity index (χ2v) is 19.9.